The predicted molar refractivity (Wildman–Crippen MR) is 112 cm³/mol. The van der Waals surface area contributed by atoms with Crippen molar-refractivity contribution < 1.29 is 4.79 Å². The van der Waals surface area contributed by atoms with Crippen molar-refractivity contribution in [2.75, 3.05) is 19.6 Å². The number of aromatic nitrogens is 2. The highest BCUT2D eigenvalue weighted by Crippen LogP contribution is 2.34. The molecule has 6 nitrogen and oxygen atoms in total. The minimum Gasteiger partial charge on any atom is -0.350 e. The van der Waals surface area contributed by atoms with Crippen LogP contribution < -0.4 is 5.32 Å². The van der Waals surface area contributed by atoms with E-state index in [4.69, 9.17) is 4.98 Å². The van der Waals surface area contributed by atoms with Crippen molar-refractivity contribution in [2.24, 2.45) is 0 Å². The highest BCUT2D eigenvalue weighted by Gasteiger charge is 2.42. The molecule has 4 rings (SSSR count). The van der Waals surface area contributed by atoms with Gasteiger partial charge in [-0.1, -0.05) is 12.1 Å². The fraction of sp³-hybridized carbons (Fsp3) is 0.636. The van der Waals surface area contributed by atoms with Crippen molar-refractivity contribution in [1.29, 1.82) is 0 Å². The average Bonchev–Trinajstić information content (AvgIpc) is 3.11. The first-order valence-electron chi connectivity index (χ1n) is 10.5. The Morgan fingerprint density at radius 1 is 1.29 bits per heavy atom. The summed E-state index contributed by atoms with van der Waals surface area (Å²) in [5, 5.41) is 3.11. The van der Waals surface area contributed by atoms with E-state index in [1.54, 1.807) is 0 Å². The SMILES string of the molecule is Cc1cccc2[nH]c(C(C)N3CC4CCC(C3)N4CC(=O)NC(C)(C)C)nc12. The fourth-order valence-corrected chi connectivity index (χ4v) is 4.79. The molecular weight excluding hydrogens is 350 g/mol. The van der Waals surface area contributed by atoms with Crippen LogP contribution in [0.15, 0.2) is 18.2 Å². The molecule has 2 aliphatic rings. The minimum absolute atomic E-state index is 0.138. The number of carbonyl (C=O) groups is 1. The van der Waals surface area contributed by atoms with Crippen molar-refractivity contribution in [3.63, 3.8) is 0 Å². The number of benzene rings is 1. The van der Waals surface area contributed by atoms with E-state index in [1.165, 1.54) is 18.4 Å². The van der Waals surface area contributed by atoms with E-state index in [9.17, 15) is 4.79 Å². The molecule has 3 unspecified atom stereocenters. The molecule has 2 aromatic rings. The lowest BCUT2D eigenvalue weighted by Gasteiger charge is -2.43. The molecule has 0 aliphatic carbocycles. The molecule has 28 heavy (non-hydrogen) atoms. The second kappa shape index (κ2) is 7.16. The second-order valence-corrected chi connectivity index (χ2v) is 9.58. The van der Waals surface area contributed by atoms with E-state index in [0.717, 1.165) is 29.9 Å². The summed E-state index contributed by atoms with van der Waals surface area (Å²) in [5.41, 5.74) is 3.22. The normalized spacial score (nSPS) is 24.6. The summed E-state index contributed by atoms with van der Waals surface area (Å²) in [6, 6.07) is 7.45. The van der Waals surface area contributed by atoms with Crippen LogP contribution in [0.3, 0.4) is 0 Å². The van der Waals surface area contributed by atoms with Crippen LogP contribution in [0.5, 0.6) is 0 Å². The molecule has 1 aromatic carbocycles. The minimum atomic E-state index is -0.175. The van der Waals surface area contributed by atoms with Crippen LogP contribution in [0.4, 0.5) is 0 Å². The molecule has 0 spiro atoms. The first-order valence-corrected chi connectivity index (χ1v) is 10.5. The number of likely N-dealkylation sites (tertiary alicyclic amines) is 1. The number of nitrogens with zero attached hydrogens (tertiary/aromatic N) is 3. The Kier molecular flexibility index (Phi) is 4.96. The Balaban J connectivity index is 1.44. The van der Waals surface area contributed by atoms with Gasteiger partial charge < -0.3 is 10.3 Å². The number of hydrogen-bond donors (Lipinski definition) is 2. The lowest BCUT2D eigenvalue weighted by molar-refractivity contribution is -0.125. The van der Waals surface area contributed by atoms with Gasteiger partial charge in [-0.3, -0.25) is 14.6 Å². The van der Waals surface area contributed by atoms with Crippen molar-refractivity contribution in [3.8, 4) is 0 Å². The standard InChI is InChI=1S/C22H33N5O/c1-14-7-6-8-18-20(14)24-21(23-18)15(2)26-11-16-9-10-17(12-26)27(16)13-19(28)25-22(3,4)5/h6-8,15-17H,9-13H2,1-5H3,(H,23,24)(H,25,28). The topological polar surface area (TPSA) is 64.3 Å². The Bertz CT molecular complexity index is 853. The van der Waals surface area contributed by atoms with Gasteiger partial charge in [0.2, 0.25) is 5.91 Å². The van der Waals surface area contributed by atoms with Crippen LogP contribution in [0.25, 0.3) is 11.0 Å². The van der Waals surface area contributed by atoms with Gasteiger partial charge in [-0.05, 0) is 59.1 Å². The quantitative estimate of drug-likeness (QED) is 0.852. The van der Waals surface area contributed by atoms with Crippen molar-refractivity contribution in [1.82, 2.24) is 25.1 Å². The van der Waals surface area contributed by atoms with E-state index >= 15 is 0 Å². The number of aromatic amines is 1. The molecule has 2 N–H and O–H groups in total. The summed E-state index contributed by atoms with van der Waals surface area (Å²) in [5.74, 6) is 1.18. The molecule has 152 valence electrons. The lowest BCUT2D eigenvalue weighted by Crippen LogP contribution is -2.57. The van der Waals surface area contributed by atoms with E-state index in [1.807, 2.05) is 20.8 Å². The van der Waals surface area contributed by atoms with Crippen molar-refractivity contribution >= 4 is 16.9 Å². The number of rotatable bonds is 4. The zero-order valence-corrected chi connectivity index (χ0v) is 17.7. The summed E-state index contributed by atoms with van der Waals surface area (Å²) in [4.78, 5) is 25.8. The molecular formula is C22H33N5O. The van der Waals surface area contributed by atoms with Crippen LogP contribution >= 0.6 is 0 Å². The third-order valence-corrected chi connectivity index (χ3v) is 6.18. The predicted octanol–water partition coefficient (Wildman–Crippen LogP) is 3.00. The molecule has 2 bridgehead atoms. The van der Waals surface area contributed by atoms with E-state index in [2.05, 4.69) is 52.1 Å². The maximum atomic E-state index is 12.4. The Morgan fingerprint density at radius 3 is 2.57 bits per heavy atom. The fourth-order valence-electron chi connectivity index (χ4n) is 4.79. The first kappa shape index (κ1) is 19.4. The van der Waals surface area contributed by atoms with Gasteiger partial charge in [-0.2, -0.15) is 0 Å². The molecule has 0 saturated carbocycles. The molecule has 2 aliphatic heterocycles. The van der Waals surface area contributed by atoms with Gasteiger partial charge >= 0.3 is 0 Å². The van der Waals surface area contributed by atoms with Crippen molar-refractivity contribution in [3.05, 3.63) is 29.6 Å². The number of para-hydroxylation sites is 1. The highest BCUT2D eigenvalue weighted by atomic mass is 16.2. The molecule has 0 radical (unpaired) electrons. The zero-order chi connectivity index (χ0) is 20.1. The van der Waals surface area contributed by atoms with Crippen LogP contribution in [0.1, 0.15) is 58.0 Å². The average molecular weight is 384 g/mol. The number of piperazine rings is 1. The number of H-pyrrole nitrogens is 1. The van der Waals surface area contributed by atoms with E-state index < -0.39 is 0 Å². The van der Waals surface area contributed by atoms with Crippen LogP contribution in [0, 0.1) is 6.92 Å². The third-order valence-electron chi connectivity index (χ3n) is 6.18. The Labute approximate surface area is 167 Å². The second-order valence-electron chi connectivity index (χ2n) is 9.58. The number of nitrogens with one attached hydrogen (secondary N) is 2. The number of fused-ring (bicyclic) bond motifs is 3. The molecule has 1 aromatic heterocycles. The summed E-state index contributed by atoms with van der Waals surface area (Å²) in [6.45, 7) is 13.0. The van der Waals surface area contributed by atoms with Gasteiger partial charge in [0, 0.05) is 30.7 Å². The number of aryl methyl sites for hydroxylation is 1. The summed E-state index contributed by atoms with van der Waals surface area (Å²) in [6.07, 6.45) is 2.35. The monoisotopic (exact) mass is 383 g/mol. The van der Waals surface area contributed by atoms with E-state index in [0.29, 0.717) is 18.6 Å². The highest BCUT2D eigenvalue weighted by molar-refractivity contribution is 5.79. The van der Waals surface area contributed by atoms with E-state index in [-0.39, 0.29) is 17.5 Å². The zero-order valence-electron chi connectivity index (χ0n) is 17.7. The van der Waals surface area contributed by atoms with Gasteiger partial charge in [-0.15, -0.1) is 0 Å². The van der Waals surface area contributed by atoms with Crippen LogP contribution in [0.2, 0.25) is 0 Å². The smallest absolute Gasteiger partial charge is 0.234 e. The van der Waals surface area contributed by atoms with Gasteiger partial charge in [-0.25, -0.2) is 4.98 Å². The maximum Gasteiger partial charge on any atom is 0.234 e. The number of amides is 1. The number of carbonyl (C=O) groups excluding carboxylic acids is 1. The molecule has 3 heterocycles. The number of hydrogen-bond acceptors (Lipinski definition) is 4. The lowest BCUT2D eigenvalue weighted by atomic mass is 10.1. The molecule has 6 heteroatoms. The van der Waals surface area contributed by atoms with Crippen LogP contribution in [-0.4, -0.2) is 62.9 Å². The van der Waals surface area contributed by atoms with Crippen molar-refractivity contribution in [2.45, 2.75) is 71.1 Å². The molecule has 2 saturated heterocycles. The number of imidazole rings is 1. The third kappa shape index (κ3) is 3.80. The Hall–Kier alpha value is -1.92. The van der Waals surface area contributed by atoms with Gasteiger partial charge in [0.1, 0.15) is 5.82 Å². The first-order chi connectivity index (χ1) is 13.2. The van der Waals surface area contributed by atoms with Gasteiger partial charge in [0.25, 0.3) is 0 Å². The largest absolute Gasteiger partial charge is 0.350 e. The Morgan fingerprint density at radius 2 is 1.96 bits per heavy atom. The summed E-state index contributed by atoms with van der Waals surface area (Å²) >= 11 is 0. The molecule has 3 atom stereocenters. The van der Waals surface area contributed by atoms with Crippen LogP contribution in [-0.2, 0) is 4.79 Å². The molecule has 2 fully saturated rings. The van der Waals surface area contributed by atoms with Gasteiger partial charge in [0.05, 0.1) is 23.6 Å². The maximum absolute atomic E-state index is 12.4. The summed E-state index contributed by atoms with van der Waals surface area (Å²) in [7, 11) is 0. The molecule has 1 amide bonds. The summed E-state index contributed by atoms with van der Waals surface area (Å²) < 4.78 is 0. The van der Waals surface area contributed by atoms with Gasteiger partial charge in [0.15, 0.2) is 0 Å².